The van der Waals surface area contributed by atoms with Crippen LogP contribution in [0.1, 0.15) is 50.1 Å². The van der Waals surface area contributed by atoms with Crippen molar-refractivity contribution < 1.29 is 19.4 Å². The smallest absolute Gasteiger partial charge is 0.321 e. The molecule has 0 bridgehead atoms. The van der Waals surface area contributed by atoms with Gasteiger partial charge in [-0.2, -0.15) is 0 Å². The number of rotatable bonds is 4. The fourth-order valence-electron chi connectivity index (χ4n) is 3.33. The molecule has 0 spiro atoms. The van der Waals surface area contributed by atoms with E-state index in [-0.39, 0.29) is 18.0 Å². The van der Waals surface area contributed by atoms with Crippen LogP contribution in [0.15, 0.2) is 5.38 Å². The van der Waals surface area contributed by atoms with Crippen LogP contribution >= 0.6 is 11.3 Å². The number of nitrogens with one attached hydrogen (secondary N) is 2. The number of carboxylic acid groups (broad SMARTS) is 1. The average molecular weight is 353 g/mol. The first-order valence-electron chi connectivity index (χ1n) is 8.45. The number of anilines is 1. The Balaban J connectivity index is 1.45. The zero-order valence-electron chi connectivity index (χ0n) is 13.5. The molecule has 1 aliphatic heterocycles. The number of amides is 2. The summed E-state index contributed by atoms with van der Waals surface area (Å²) in [4.78, 5) is 27.5. The minimum absolute atomic E-state index is 0.0375. The highest BCUT2D eigenvalue weighted by atomic mass is 32.1. The molecule has 1 saturated heterocycles. The normalized spacial score (nSPS) is 25.2. The molecule has 3 rings (SSSR count). The molecule has 0 unspecified atom stereocenters. The van der Waals surface area contributed by atoms with E-state index in [0.717, 1.165) is 31.7 Å². The molecule has 3 N–H and O–H groups in total. The number of aromatic nitrogens is 1. The first-order chi connectivity index (χ1) is 11.6. The first kappa shape index (κ1) is 17.2. The average Bonchev–Trinajstić information content (AvgIpc) is 3.04. The van der Waals surface area contributed by atoms with Gasteiger partial charge in [-0.15, -0.1) is 11.3 Å². The van der Waals surface area contributed by atoms with Crippen molar-refractivity contribution in [3.8, 4) is 0 Å². The van der Waals surface area contributed by atoms with E-state index in [2.05, 4.69) is 15.6 Å². The summed E-state index contributed by atoms with van der Waals surface area (Å²) in [5.41, 5.74) is 1.03. The molecule has 2 aliphatic rings. The topological polar surface area (TPSA) is 101 Å². The number of hydrogen-bond donors (Lipinski definition) is 3. The highest BCUT2D eigenvalue weighted by molar-refractivity contribution is 7.13. The van der Waals surface area contributed by atoms with Gasteiger partial charge in [-0.1, -0.05) is 0 Å². The number of carbonyl (C=O) groups excluding carboxylic acids is 1. The summed E-state index contributed by atoms with van der Waals surface area (Å²) in [6, 6.07) is -0.225. The monoisotopic (exact) mass is 353 g/mol. The maximum Gasteiger partial charge on any atom is 0.321 e. The fourth-order valence-corrected chi connectivity index (χ4v) is 4.11. The summed E-state index contributed by atoms with van der Waals surface area (Å²) in [7, 11) is 0. The first-order valence-corrected chi connectivity index (χ1v) is 9.33. The molecule has 2 fully saturated rings. The Bertz CT molecular complexity index is 578. The van der Waals surface area contributed by atoms with Crippen LogP contribution in [0.3, 0.4) is 0 Å². The van der Waals surface area contributed by atoms with E-state index in [9.17, 15) is 9.59 Å². The molecule has 132 valence electrons. The van der Waals surface area contributed by atoms with Gasteiger partial charge in [0.2, 0.25) is 0 Å². The zero-order valence-corrected chi connectivity index (χ0v) is 14.3. The van der Waals surface area contributed by atoms with E-state index in [4.69, 9.17) is 9.84 Å². The lowest BCUT2D eigenvalue weighted by atomic mass is 9.86. The standard InChI is InChI=1S/C16H23N3O4S/c20-14(21)11-1-3-12(4-2-11)17-15(22)19-16-18-13(9-24-16)10-5-7-23-8-6-10/h9-12H,1-8H2,(H,20,21)(H2,17,18,19,22). The Hall–Kier alpha value is -1.67. The highest BCUT2D eigenvalue weighted by Gasteiger charge is 2.27. The van der Waals surface area contributed by atoms with Crippen LogP contribution in [-0.4, -0.2) is 41.3 Å². The van der Waals surface area contributed by atoms with Crippen LogP contribution in [-0.2, 0) is 9.53 Å². The summed E-state index contributed by atoms with van der Waals surface area (Å²) < 4.78 is 5.36. The molecule has 2 amide bonds. The van der Waals surface area contributed by atoms with Gasteiger partial charge in [-0.3, -0.25) is 10.1 Å². The number of carboxylic acids is 1. The summed E-state index contributed by atoms with van der Waals surface area (Å²) in [5.74, 6) is -0.589. The molecular formula is C16H23N3O4S. The number of hydrogen-bond acceptors (Lipinski definition) is 5. The minimum atomic E-state index is -0.735. The predicted molar refractivity (Wildman–Crippen MR) is 90.4 cm³/mol. The van der Waals surface area contributed by atoms with Gasteiger partial charge in [0.25, 0.3) is 0 Å². The summed E-state index contributed by atoms with van der Waals surface area (Å²) in [6.45, 7) is 1.54. The molecule has 2 heterocycles. The van der Waals surface area contributed by atoms with Crippen LogP contribution in [0.2, 0.25) is 0 Å². The fraction of sp³-hybridized carbons (Fsp3) is 0.688. The Morgan fingerprint density at radius 1 is 1.17 bits per heavy atom. The van der Waals surface area contributed by atoms with Crippen molar-refractivity contribution in [3.63, 3.8) is 0 Å². The Labute approximate surface area is 144 Å². The van der Waals surface area contributed by atoms with Crippen LogP contribution in [0.5, 0.6) is 0 Å². The lowest BCUT2D eigenvalue weighted by Gasteiger charge is -2.26. The second-order valence-corrected chi connectivity index (χ2v) is 7.31. The molecule has 0 atom stereocenters. The molecule has 0 aromatic carbocycles. The highest BCUT2D eigenvalue weighted by Crippen LogP contribution is 2.29. The SMILES string of the molecule is O=C(Nc1nc(C2CCOCC2)cs1)NC1CCC(C(=O)O)CC1. The molecule has 1 aliphatic carbocycles. The summed E-state index contributed by atoms with van der Waals surface area (Å²) in [5, 5.41) is 17.3. The second kappa shape index (κ2) is 7.94. The van der Waals surface area contributed by atoms with Crippen molar-refractivity contribution in [1.82, 2.24) is 10.3 Å². The maximum absolute atomic E-state index is 12.1. The van der Waals surface area contributed by atoms with Crippen LogP contribution in [0.4, 0.5) is 9.93 Å². The third-order valence-electron chi connectivity index (χ3n) is 4.79. The quantitative estimate of drug-likeness (QED) is 0.773. The van der Waals surface area contributed by atoms with E-state index >= 15 is 0 Å². The van der Waals surface area contributed by atoms with Crippen molar-refractivity contribution in [1.29, 1.82) is 0 Å². The molecule has 7 nitrogen and oxygen atoms in total. The molecule has 0 radical (unpaired) electrons. The van der Waals surface area contributed by atoms with Gasteiger partial charge >= 0.3 is 12.0 Å². The number of carbonyl (C=O) groups is 2. The number of nitrogens with zero attached hydrogens (tertiary/aromatic N) is 1. The van der Waals surface area contributed by atoms with Gasteiger partial charge in [0.15, 0.2) is 5.13 Å². The van der Waals surface area contributed by atoms with Gasteiger partial charge in [-0.05, 0) is 38.5 Å². The predicted octanol–water partition coefficient (Wildman–Crippen LogP) is 2.80. The Morgan fingerprint density at radius 3 is 2.54 bits per heavy atom. The van der Waals surface area contributed by atoms with E-state index in [1.165, 1.54) is 11.3 Å². The van der Waals surface area contributed by atoms with Gasteiger partial charge in [-0.25, -0.2) is 9.78 Å². The van der Waals surface area contributed by atoms with Crippen molar-refractivity contribution >= 4 is 28.5 Å². The molecular weight excluding hydrogens is 330 g/mol. The molecule has 1 saturated carbocycles. The lowest BCUT2D eigenvalue weighted by Crippen LogP contribution is -2.40. The Morgan fingerprint density at radius 2 is 1.88 bits per heavy atom. The summed E-state index contributed by atoms with van der Waals surface area (Å²) in [6.07, 6.45) is 4.59. The number of thiazole rings is 1. The minimum Gasteiger partial charge on any atom is -0.481 e. The van der Waals surface area contributed by atoms with Crippen molar-refractivity contribution in [2.75, 3.05) is 18.5 Å². The lowest BCUT2D eigenvalue weighted by molar-refractivity contribution is -0.142. The number of ether oxygens (including phenoxy) is 1. The van der Waals surface area contributed by atoms with E-state index < -0.39 is 5.97 Å². The van der Waals surface area contributed by atoms with Crippen LogP contribution in [0, 0.1) is 5.92 Å². The maximum atomic E-state index is 12.1. The number of urea groups is 1. The molecule has 24 heavy (non-hydrogen) atoms. The third kappa shape index (κ3) is 4.45. The van der Waals surface area contributed by atoms with E-state index in [1.54, 1.807) is 0 Å². The summed E-state index contributed by atoms with van der Waals surface area (Å²) >= 11 is 1.44. The Kier molecular flexibility index (Phi) is 5.68. The molecule has 1 aromatic rings. The van der Waals surface area contributed by atoms with Crippen molar-refractivity contribution in [2.45, 2.75) is 50.5 Å². The van der Waals surface area contributed by atoms with Gasteiger partial charge in [0, 0.05) is 30.6 Å². The third-order valence-corrected chi connectivity index (χ3v) is 5.57. The van der Waals surface area contributed by atoms with Gasteiger partial charge < -0.3 is 15.2 Å². The van der Waals surface area contributed by atoms with E-state index in [0.29, 0.717) is 36.7 Å². The van der Waals surface area contributed by atoms with Gasteiger partial charge in [0.1, 0.15) is 0 Å². The van der Waals surface area contributed by atoms with Crippen molar-refractivity contribution in [2.24, 2.45) is 5.92 Å². The molecule has 1 aromatic heterocycles. The zero-order chi connectivity index (χ0) is 16.9. The second-order valence-electron chi connectivity index (χ2n) is 6.45. The van der Waals surface area contributed by atoms with Gasteiger partial charge in [0.05, 0.1) is 11.6 Å². The largest absolute Gasteiger partial charge is 0.481 e. The van der Waals surface area contributed by atoms with Crippen LogP contribution in [0.25, 0.3) is 0 Å². The van der Waals surface area contributed by atoms with Crippen molar-refractivity contribution in [3.05, 3.63) is 11.1 Å². The molecule has 8 heteroatoms. The number of aliphatic carboxylic acids is 1. The van der Waals surface area contributed by atoms with Crippen LogP contribution < -0.4 is 10.6 Å². The van der Waals surface area contributed by atoms with E-state index in [1.807, 2.05) is 5.38 Å².